The molecule has 1 rings (SSSR count). The normalized spacial score (nSPS) is 12.2. The molecule has 112 valence electrons. The summed E-state index contributed by atoms with van der Waals surface area (Å²) in [5.74, 6) is -0.265. The molecule has 0 aromatic carbocycles. The fourth-order valence-corrected chi connectivity index (χ4v) is 1.76. The summed E-state index contributed by atoms with van der Waals surface area (Å²) < 4.78 is 5.03. The highest BCUT2D eigenvalue weighted by molar-refractivity contribution is 5.95. The van der Waals surface area contributed by atoms with Crippen molar-refractivity contribution in [3.63, 3.8) is 0 Å². The molecule has 1 unspecified atom stereocenters. The summed E-state index contributed by atoms with van der Waals surface area (Å²) in [6.07, 6.45) is 1.43. The Balaban J connectivity index is 2.69. The average molecular weight is 281 g/mol. The Morgan fingerprint density at radius 1 is 1.40 bits per heavy atom. The second-order valence-corrected chi connectivity index (χ2v) is 5.04. The van der Waals surface area contributed by atoms with Crippen LogP contribution < -0.4 is 10.6 Å². The van der Waals surface area contributed by atoms with Crippen LogP contribution in [0.5, 0.6) is 0 Å². The van der Waals surface area contributed by atoms with E-state index in [4.69, 9.17) is 4.42 Å². The van der Waals surface area contributed by atoms with Crippen molar-refractivity contribution in [2.24, 2.45) is 5.92 Å². The number of carbonyl (C=O) groups excluding carboxylic acids is 2. The Labute approximate surface area is 119 Å². The van der Waals surface area contributed by atoms with Gasteiger partial charge in [-0.05, 0) is 25.1 Å². The van der Waals surface area contributed by atoms with E-state index in [0.717, 1.165) is 0 Å². The van der Waals surface area contributed by atoms with Crippen LogP contribution in [0.4, 0.5) is 0 Å². The summed E-state index contributed by atoms with van der Waals surface area (Å²) in [5.41, 5.74) is 0. The maximum absolute atomic E-state index is 12.3. The summed E-state index contributed by atoms with van der Waals surface area (Å²) in [4.78, 5) is 25.9. The molecule has 2 amide bonds. The quantitative estimate of drug-likeness (QED) is 0.772. The van der Waals surface area contributed by atoms with Gasteiger partial charge in [-0.1, -0.05) is 13.8 Å². The van der Waals surface area contributed by atoms with Crippen LogP contribution in [0.15, 0.2) is 22.8 Å². The van der Waals surface area contributed by atoms with Crippen molar-refractivity contribution in [1.29, 1.82) is 0 Å². The van der Waals surface area contributed by atoms with Crippen LogP contribution in [0.1, 0.15) is 24.4 Å². The van der Waals surface area contributed by atoms with Crippen molar-refractivity contribution < 1.29 is 14.0 Å². The molecule has 0 fully saturated rings. The van der Waals surface area contributed by atoms with Gasteiger partial charge in [-0.25, -0.2) is 0 Å². The van der Waals surface area contributed by atoms with Crippen molar-refractivity contribution in [3.8, 4) is 0 Å². The molecular weight excluding hydrogens is 258 g/mol. The summed E-state index contributed by atoms with van der Waals surface area (Å²) in [7, 11) is 3.56. The Kier molecular flexibility index (Phi) is 6.24. The smallest absolute Gasteiger partial charge is 0.287 e. The Morgan fingerprint density at radius 3 is 2.60 bits per heavy atom. The standard InChI is InChI=1S/C14H23N3O3/c1-10(2)12(14(19)17(4)8-7-15-3)16-13(18)11-6-5-9-20-11/h5-6,9-10,12,15H,7-8H2,1-4H3,(H,16,18). The molecule has 0 bridgehead atoms. The van der Waals surface area contributed by atoms with Crippen LogP contribution in [0.2, 0.25) is 0 Å². The number of nitrogens with zero attached hydrogens (tertiary/aromatic N) is 1. The lowest BCUT2D eigenvalue weighted by Gasteiger charge is -2.26. The summed E-state index contributed by atoms with van der Waals surface area (Å²) in [6.45, 7) is 5.10. The van der Waals surface area contributed by atoms with Gasteiger partial charge in [0, 0.05) is 20.1 Å². The number of carbonyl (C=O) groups is 2. The monoisotopic (exact) mass is 281 g/mol. The first-order chi connectivity index (χ1) is 9.47. The van der Waals surface area contributed by atoms with Gasteiger partial charge in [-0.15, -0.1) is 0 Å². The van der Waals surface area contributed by atoms with Crippen LogP contribution in [0.3, 0.4) is 0 Å². The van der Waals surface area contributed by atoms with Gasteiger partial charge in [0.15, 0.2) is 5.76 Å². The lowest BCUT2D eigenvalue weighted by atomic mass is 10.0. The molecule has 1 aromatic heterocycles. The molecule has 1 heterocycles. The Hall–Kier alpha value is -1.82. The molecule has 0 aliphatic rings. The highest BCUT2D eigenvalue weighted by Crippen LogP contribution is 2.08. The minimum absolute atomic E-state index is 0.00144. The van der Waals surface area contributed by atoms with Gasteiger partial charge in [0.25, 0.3) is 5.91 Å². The number of furan rings is 1. The van der Waals surface area contributed by atoms with Gasteiger partial charge in [0.05, 0.1) is 6.26 Å². The fourth-order valence-electron chi connectivity index (χ4n) is 1.76. The van der Waals surface area contributed by atoms with Crippen LogP contribution in [0.25, 0.3) is 0 Å². The summed E-state index contributed by atoms with van der Waals surface area (Å²) >= 11 is 0. The van der Waals surface area contributed by atoms with E-state index in [1.165, 1.54) is 6.26 Å². The topological polar surface area (TPSA) is 74.6 Å². The molecule has 20 heavy (non-hydrogen) atoms. The molecule has 6 heteroatoms. The highest BCUT2D eigenvalue weighted by Gasteiger charge is 2.27. The lowest BCUT2D eigenvalue weighted by Crippen LogP contribution is -2.51. The maximum atomic E-state index is 12.3. The van der Waals surface area contributed by atoms with Crippen molar-refractivity contribution in [3.05, 3.63) is 24.2 Å². The lowest BCUT2D eigenvalue weighted by molar-refractivity contribution is -0.132. The Morgan fingerprint density at radius 2 is 2.10 bits per heavy atom. The molecule has 0 aliphatic heterocycles. The van der Waals surface area contributed by atoms with Gasteiger partial charge in [0.1, 0.15) is 6.04 Å². The molecule has 2 N–H and O–H groups in total. The van der Waals surface area contributed by atoms with E-state index in [9.17, 15) is 9.59 Å². The first-order valence-electron chi connectivity index (χ1n) is 6.71. The number of likely N-dealkylation sites (N-methyl/N-ethyl adjacent to an activating group) is 2. The zero-order valence-corrected chi connectivity index (χ0v) is 12.5. The van der Waals surface area contributed by atoms with Crippen LogP contribution in [0, 0.1) is 5.92 Å². The van der Waals surface area contributed by atoms with E-state index in [1.807, 2.05) is 20.9 Å². The molecule has 0 spiro atoms. The number of nitrogens with one attached hydrogen (secondary N) is 2. The average Bonchev–Trinajstić information content (AvgIpc) is 2.94. The molecule has 0 saturated heterocycles. The van der Waals surface area contributed by atoms with Crippen molar-refractivity contribution in [1.82, 2.24) is 15.5 Å². The highest BCUT2D eigenvalue weighted by atomic mass is 16.3. The Bertz CT molecular complexity index is 429. The third-order valence-electron chi connectivity index (χ3n) is 3.04. The van der Waals surface area contributed by atoms with E-state index < -0.39 is 6.04 Å². The zero-order valence-electron chi connectivity index (χ0n) is 12.5. The maximum Gasteiger partial charge on any atom is 0.287 e. The van der Waals surface area contributed by atoms with Gasteiger partial charge >= 0.3 is 0 Å². The molecule has 1 aromatic rings. The zero-order chi connectivity index (χ0) is 15.1. The first-order valence-corrected chi connectivity index (χ1v) is 6.71. The van der Waals surface area contributed by atoms with Crippen LogP contribution in [-0.2, 0) is 4.79 Å². The predicted molar refractivity (Wildman–Crippen MR) is 76.4 cm³/mol. The predicted octanol–water partition coefficient (Wildman–Crippen LogP) is 0.712. The van der Waals surface area contributed by atoms with E-state index in [-0.39, 0.29) is 23.5 Å². The largest absolute Gasteiger partial charge is 0.459 e. The first kappa shape index (κ1) is 16.2. The van der Waals surface area contributed by atoms with E-state index in [1.54, 1.807) is 24.1 Å². The fraction of sp³-hybridized carbons (Fsp3) is 0.571. The summed E-state index contributed by atoms with van der Waals surface area (Å²) in [5, 5.41) is 5.72. The molecule has 1 atom stereocenters. The summed E-state index contributed by atoms with van der Waals surface area (Å²) in [6, 6.07) is 2.65. The third-order valence-corrected chi connectivity index (χ3v) is 3.04. The van der Waals surface area contributed by atoms with Crippen LogP contribution in [-0.4, -0.2) is 49.9 Å². The van der Waals surface area contributed by atoms with E-state index in [2.05, 4.69) is 10.6 Å². The van der Waals surface area contributed by atoms with Gasteiger partial charge in [-0.2, -0.15) is 0 Å². The van der Waals surface area contributed by atoms with Gasteiger partial charge in [0.2, 0.25) is 5.91 Å². The molecule has 0 aliphatic carbocycles. The van der Waals surface area contributed by atoms with E-state index in [0.29, 0.717) is 13.1 Å². The minimum Gasteiger partial charge on any atom is -0.459 e. The van der Waals surface area contributed by atoms with Crippen molar-refractivity contribution in [2.75, 3.05) is 27.2 Å². The number of amides is 2. The van der Waals surface area contributed by atoms with Crippen molar-refractivity contribution in [2.45, 2.75) is 19.9 Å². The molecule has 0 saturated carbocycles. The van der Waals surface area contributed by atoms with E-state index >= 15 is 0 Å². The minimum atomic E-state index is -0.561. The van der Waals surface area contributed by atoms with Crippen molar-refractivity contribution >= 4 is 11.8 Å². The van der Waals surface area contributed by atoms with Gasteiger partial charge < -0.3 is 20.0 Å². The molecule has 6 nitrogen and oxygen atoms in total. The number of rotatable bonds is 7. The molecule has 0 radical (unpaired) electrons. The number of hydrogen-bond acceptors (Lipinski definition) is 4. The number of hydrogen-bond donors (Lipinski definition) is 2. The SMILES string of the molecule is CNCCN(C)C(=O)C(NC(=O)c1ccco1)C(C)C. The second-order valence-electron chi connectivity index (χ2n) is 5.04. The van der Waals surface area contributed by atoms with Crippen LogP contribution >= 0.6 is 0 Å². The second kappa shape index (κ2) is 7.69. The van der Waals surface area contributed by atoms with Gasteiger partial charge in [-0.3, -0.25) is 9.59 Å². The molecular formula is C14H23N3O3. The third kappa shape index (κ3) is 4.38.